The van der Waals surface area contributed by atoms with Crippen LogP contribution in [0.5, 0.6) is 17.2 Å². The summed E-state index contributed by atoms with van der Waals surface area (Å²) in [7, 11) is 3.02. The number of hydrogen-bond acceptors (Lipinski definition) is 7. The Kier molecular flexibility index (Phi) is 9.52. The molecule has 1 fully saturated rings. The summed E-state index contributed by atoms with van der Waals surface area (Å²) < 4.78 is 16.8. The van der Waals surface area contributed by atoms with Gasteiger partial charge in [0.15, 0.2) is 11.5 Å². The Morgan fingerprint density at radius 2 is 1.80 bits per heavy atom. The number of methoxy groups -OCH3 is 2. The lowest BCUT2D eigenvalue weighted by Crippen LogP contribution is -2.36. The smallest absolute Gasteiger partial charge is 0.294 e. The number of imide groups is 1. The molecule has 1 N–H and O–H groups in total. The van der Waals surface area contributed by atoms with Gasteiger partial charge in [0.05, 0.1) is 24.1 Å². The number of benzene rings is 3. The number of carbonyl (C=O) groups is 3. The molecule has 3 amide bonds. The van der Waals surface area contributed by atoms with E-state index in [0.29, 0.717) is 46.5 Å². The Labute approximate surface area is 241 Å². The molecule has 4 rings (SSSR count). The summed E-state index contributed by atoms with van der Waals surface area (Å²) in [6.07, 6.45) is 3.84. The van der Waals surface area contributed by atoms with Gasteiger partial charge >= 0.3 is 0 Å². The summed E-state index contributed by atoms with van der Waals surface area (Å²) in [5.74, 6) is 0.413. The Hall–Kier alpha value is -4.21. The molecule has 0 saturated carbocycles. The zero-order valence-electron chi connectivity index (χ0n) is 21.9. The minimum Gasteiger partial charge on any atom is -0.495 e. The molecule has 206 valence electrons. The molecule has 1 saturated heterocycles. The van der Waals surface area contributed by atoms with Gasteiger partial charge in [-0.1, -0.05) is 48.0 Å². The van der Waals surface area contributed by atoms with Crippen LogP contribution in [0, 0.1) is 0 Å². The molecule has 1 aliphatic heterocycles. The molecule has 1 aliphatic rings. The molecular weight excluding hydrogens is 552 g/mol. The van der Waals surface area contributed by atoms with Crippen LogP contribution in [0.2, 0.25) is 5.02 Å². The highest BCUT2D eigenvalue weighted by Gasteiger charge is 2.36. The highest BCUT2D eigenvalue weighted by atomic mass is 35.5. The molecule has 0 aliphatic carbocycles. The Bertz CT molecular complexity index is 1470. The van der Waals surface area contributed by atoms with Gasteiger partial charge in [-0.25, -0.2) is 0 Å². The molecule has 3 aromatic carbocycles. The number of amides is 3. The minimum absolute atomic E-state index is 0.190. The summed E-state index contributed by atoms with van der Waals surface area (Å²) in [5, 5.41) is 2.41. The van der Waals surface area contributed by atoms with Gasteiger partial charge in [0.1, 0.15) is 18.9 Å². The fourth-order valence-corrected chi connectivity index (χ4v) is 5.09. The second-order valence-electron chi connectivity index (χ2n) is 8.64. The first kappa shape index (κ1) is 28.8. The van der Waals surface area contributed by atoms with E-state index in [-0.39, 0.29) is 4.91 Å². The molecule has 0 unspecified atom stereocenters. The number of anilines is 1. The second-order valence-corrected chi connectivity index (χ2v) is 10.0. The maximum Gasteiger partial charge on any atom is 0.294 e. The monoisotopic (exact) mass is 578 g/mol. The maximum absolute atomic E-state index is 13.1. The van der Waals surface area contributed by atoms with E-state index < -0.39 is 23.6 Å². The van der Waals surface area contributed by atoms with E-state index in [0.717, 1.165) is 27.8 Å². The summed E-state index contributed by atoms with van der Waals surface area (Å²) in [4.78, 5) is 39.4. The minimum atomic E-state index is -0.563. The number of ether oxygens (including phenoxy) is 3. The maximum atomic E-state index is 13.1. The topological polar surface area (TPSA) is 94.2 Å². The average molecular weight is 579 g/mol. The lowest BCUT2D eigenvalue weighted by Gasteiger charge is -2.16. The third kappa shape index (κ3) is 6.86. The summed E-state index contributed by atoms with van der Waals surface area (Å²) >= 11 is 6.87. The SMILES string of the molecule is C=CCc1cc(/C=C2\SC(=O)N(CC(=O)Nc3ccc(OC)c(Cl)c3)C2=O)cc(OC)c1OCc1ccccc1. The lowest BCUT2D eigenvalue weighted by atomic mass is 10.0. The Morgan fingerprint density at radius 3 is 2.48 bits per heavy atom. The molecular formula is C30H27ClN2O6S. The lowest BCUT2D eigenvalue weighted by molar-refractivity contribution is -0.127. The van der Waals surface area contributed by atoms with Gasteiger partial charge in [-0.05, 0) is 65.7 Å². The van der Waals surface area contributed by atoms with Crippen LogP contribution in [-0.4, -0.2) is 42.7 Å². The number of nitrogens with zero attached hydrogens (tertiary/aromatic N) is 1. The van der Waals surface area contributed by atoms with Crippen LogP contribution in [0.1, 0.15) is 16.7 Å². The van der Waals surface area contributed by atoms with Crippen molar-refractivity contribution in [1.82, 2.24) is 4.90 Å². The summed E-state index contributed by atoms with van der Waals surface area (Å²) in [6, 6.07) is 18.1. The average Bonchev–Trinajstić information content (AvgIpc) is 3.20. The van der Waals surface area contributed by atoms with Gasteiger partial charge in [0, 0.05) is 11.3 Å². The van der Waals surface area contributed by atoms with Crippen molar-refractivity contribution in [3.05, 3.63) is 99.9 Å². The van der Waals surface area contributed by atoms with Crippen LogP contribution < -0.4 is 19.5 Å². The van der Waals surface area contributed by atoms with Crippen LogP contribution in [0.3, 0.4) is 0 Å². The fourth-order valence-electron chi connectivity index (χ4n) is 4.00. The van der Waals surface area contributed by atoms with Crippen molar-refractivity contribution in [3.8, 4) is 17.2 Å². The first-order chi connectivity index (χ1) is 19.3. The number of halogens is 1. The van der Waals surface area contributed by atoms with Gasteiger partial charge in [0.2, 0.25) is 5.91 Å². The molecule has 40 heavy (non-hydrogen) atoms. The number of allylic oxidation sites excluding steroid dienone is 1. The number of rotatable bonds is 11. The predicted octanol–water partition coefficient (Wildman–Crippen LogP) is 6.34. The Balaban J connectivity index is 1.50. The predicted molar refractivity (Wildman–Crippen MR) is 157 cm³/mol. The highest BCUT2D eigenvalue weighted by molar-refractivity contribution is 8.18. The van der Waals surface area contributed by atoms with E-state index in [1.807, 2.05) is 36.4 Å². The fraction of sp³-hybridized carbons (Fsp3) is 0.167. The van der Waals surface area contributed by atoms with E-state index in [2.05, 4.69) is 11.9 Å². The molecule has 10 heteroatoms. The largest absolute Gasteiger partial charge is 0.495 e. The number of thioether (sulfide) groups is 1. The molecule has 0 bridgehead atoms. The molecule has 1 heterocycles. The van der Waals surface area contributed by atoms with Gasteiger partial charge in [-0.2, -0.15) is 0 Å². The number of nitrogens with one attached hydrogen (secondary N) is 1. The van der Waals surface area contributed by atoms with Crippen LogP contribution in [0.25, 0.3) is 6.08 Å². The van der Waals surface area contributed by atoms with Crippen molar-refractivity contribution < 1.29 is 28.6 Å². The van der Waals surface area contributed by atoms with Crippen LogP contribution in [0.15, 0.2) is 78.2 Å². The van der Waals surface area contributed by atoms with E-state index in [1.54, 1.807) is 30.4 Å². The molecule has 8 nitrogen and oxygen atoms in total. The highest BCUT2D eigenvalue weighted by Crippen LogP contribution is 2.37. The van der Waals surface area contributed by atoms with Crippen LogP contribution in [0.4, 0.5) is 10.5 Å². The van der Waals surface area contributed by atoms with Crippen molar-refractivity contribution in [2.45, 2.75) is 13.0 Å². The first-order valence-corrected chi connectivity index (χ1v) is 13.4. The van der Waals surface area contributed by atoms with Crippen molar-refractivity contribution in [2.24, 2.45) is 0 Å². The van der Waals surface area contributed by atoms with Crippen molar-refractivity contribution in [2.75, 3.05) is 26.1 Å². The third-order valence-electron chi connectivity index (χ3n) is 5.87. The number of carbonyl (C=O) groups excluding carboxylic acids is 3. The van der Waals surface area contributed by atoms with Crippen LogP contribution in [-0.2, 0) is 22.6 Å². The number of hydrogen-bond donors (Lipinski definition) is 1. The standard InChI is InChI=1S/C30H27ClN2O6S/c1-4-8-21-13-20(14-25(38-3)28(21)39-18-19-9-6-5-7-10-19)15-26-29(35)33(30(36)40-26)17-27(34)32-22-11-12-24(37-2)23(31)16-22/h4-7,9-16H,1,8,17-18H2,2-3H3,(H,32,34)/b26-15-. The first-order valence-electron chi connectivity index (χ1n) is 12.2. The molecule has 0 spiro atoms. The quantitative estimate of drug-likeness (QED) is 0.209. The Morgan fingerprint density at radius 1 is 1.05 bits per heavy atom. The molecule has 0 atom stereocenters. The van der Waals surface area contributed by atoms with Gasteiger partial charge in [-0.3, -0.25) is 19.3 Å². The van der Waals surface area contributed by atoms with Gasteiger partial charge < -0.3 is 19.5 Å². The summed E-state index contributed by atoms with van der Waals surface area (Å²) in [5.41, 5.74) is 2.87. The van der Waals surface area contributed by atoms with Gasteiger partial charge in [-0.15, -0.1) is 6.58 Å². The molecule has 0 aromatic heterocycles. The molecule has 0 radical (unpaired) electrons. The van der Waals surface area contributed by atoms with Crippen molar-refractivity contribution >= 4 is 52.2 Å². The zero-order valence-corrected chi connectivity index (χ0v) is 23.5. The van der Waals surface area contributed by atoms with E-state index >= 15 is 0 Å². The van der Waals surface area contributed by atoms with Crippen molar-refractivity contribution in [3.63, 3.8) is 0 Å². The second kappa shape index (κ2) is 13.2. The van der Waals surface area contributed by atoms with E-state index in [1.165, 1.54) is 20.3 Å². The summed E-state index contributed by atoms with van der Waals surface area (Å²) in [6.45, 7) is 3.74. The van der Waals surface area contributed by atoms with Gasteiger partial charge in [0.25, 0.3) is 11.1 Å². The van der Waals surface area contributed by atoms with Crippen LogP contribution >= 0.6 is 23.4 Å². The third-order valence-corrected chi connectivity index (χ3v) is 7.08. The van der Waals surface area contributed by atoms with E-state index in [9.17, 15) is 14.4 Å². The zero-order chi connectivity index (χ0) is 28.6. The molecule has 3 aromatic rings. The normalized spacial score (nSPS) is 13.9. The van der Waals surface area contributed by atoms with E-state index in [4.69, 9.17) is 25.8 Å². The van der Waals surface area contributed by atoms with Crippen molar-refractivity contribution in [1.29, 1.82) is 0 Å².